The van der Waals surface area contributed by atoms with Crippen molar-refractivity contribution in [2.45, 2.75) is 13.8 Å². The summed E-state index contributed by atoms with van der Waals surface area (Å²) < 4.78 is 0. The minimum atomic E-state index is -0.0738. The van der Waals surface area contributed by atoms with Crippen molar-refractivity contribution in [3.05, 3.63) is 0 Å². The lowest BCUT2D eigenvalue weighted by atomic mass is 10.2. The van der Waals surface area contributed by atoms with E-state index < -0.39 is 0 Å². The van der Waals surface area contributed by atoms with Gasteiger partial charge in [-0.05, 0) is 5.92 Å². The summed E-state index contributed by atoms with van der Waals surface area (Å²) in [6.45, 7) is 5.11. The molecule has 0 radical (unpaired) electrons. The molecule has 5 nitrogen and oxygen atoms in total. The van der Waals surface area contributed by atoms with E-state index in [4.69, 9.17) is 0 Å². The summed E-state index contributed by atoms with van der Waals surface area (Å²) in [4.78, 5) is 23.8. The molecule has 0 rings (SSSR count). The smallest absolute Gasteiger partial charge is 0.236 e. The Morgan fingerprint density at radius 1 is 1.20 bits per heavy atom. The largest absolute Gasteiger partial charge is 0.355 e. The Bertz CT molecular complexity index is 215. The molecule has 88 valence electrons. The Kier molecular flexibility index (Phi) is 6.70. The molecule has 0 aromatic carbocycles. The van der Waals surface area contributed by atoms with Crippen molar-refractivity contribution in [3.8, 4) is 0 Å². The summed E-state index contributed by atoms with van der Waals surface area (Å²) >= 11 is 0. The van der Waals surface area contributed by atoms with Crippen molar-refractivity contribution >= 4 is 11.8 Å². The van der Waals surface area contributed by atoms with Crippen LogP contribution in [0, 0.1) is 5.92 Å². The van der Waals surface area contributed by atoms with Crippen molar-refractivity contribution < 1.29 is 9.59 Å². The van der Waals surface area contributed by atoms with Gasteiger partial charge in [-0.1, -0.05) is 13.8 Å². The van der Waals surface area contributed by atoms with E-state index in [1.807, 2.05) is 13.8 Å². The molecular weight excluding hydrogens is 194 g/mol. The fourth-order valence-corrected chi connectivity index (χ4v) is 0.822. The van der Waals surface area contributed by atoms with Gasteiger partial charge in [-0.3, -0.25) is 14.9 Å². The number of hydrogen-bond acceptors (Lipinski definition) is 3. The quantitative estimate of drug-likeness (QED) is 0.624. The summed E-state index contributed by atoms with van der Waals surface area (Å²) in [6, 6.07) is 0. The van der Waals surface area contributed by atoms with Gasteiger partial charge < -0.3 is 10.2 Å². The molecule has 0 spiro atoms. The SMILES string of the molecule is CC(C)CNC(=O)CNCC(=O)N(C)C. The maximum absolute atomic E-state index is 11.2. The number of likely N-dealkylation sites (N-methyl/N-ethyl adjacent to an activating group) is 1. The van der Waals surface area contributed by atoms with Crippen molar-refractivity contribution in [1.29, 1.82) is 0 Å². The molecule has 2 N–H and O–H groups in total. The van der Waals surface area contributed by atoms with Crippen LogP contribution >= 0.6 is 0 Å². The maximum atomic E-state index is 11.2. The average Bonchev–Trinajstić information content (AvgIpc) is 2.14. The summed E-state index contributed by atoms with van der Waals surface area (Å²) in [5.74, 6) is 0.333. The number of amides is 2. The molecule has 0 fully saturated rings. The van der Waals surface area contributed by atoms with E-state index >= 15 is 0 Å². The molecule has 0 aliphatic heterocycles. The third-order valence-electron chi connectivity index (χ3n) is 1.77. The average molecular weight is 215 g/mol. The molecule has 0 atom stereocenters. The molecule has 0 aromatic heterocycles. The number of carbonyl (C=O) groups excluding carboxylic acids is 2. The number of rotatable bonds is 6. The van der Waals surface area contributed by atoms with E-state index in [9.17, 15) is 9.59 Å². The normalized spacial score (nSPS) is 10.2. The van der Waals surface area contributed by atoms with E-state index in [1.165, 1.54) is 4.90 Å². The molecule has 5 heteroatoms. The van der Waals surface area contributed by atoms with Crippen LogP contribution in [-0.2, 0) is 9.59 Å². The second-order valence-electron chi connectivity index (χ2n) is 4.09. The van der Waals surface area contributed by atoms with Crippen molar-refractivity contribution in [2.24, 2.45) is 5.92 Å². The van der Waals surface area contributed by atoms with Crippen LogP contribution in [0.2, 0.25) is 0 Å². The lowest BCUT2D eigenvalue weighted by Gasteiger charge is -2.11. The van der Waals surface area contributed by atoms with Gasteiger partial charge in [0.25, 0.3) is 0 Å². The van der Waals surface area contributed by atoms with Crippen LogP contribution in [0.25, 0.3) is 0 Å². The van der Waals surface area contributed by atoms with E-state index in [1.54, 1.807) is 14.1 Å². The lowest BCUT2D eigenvalue weighted by molar-refractivity contribution is -0.127. The predicted molar refractivity (Wildman–Crippen MR) is 59.4 cm³/mol. The van der Waals surface area contributed by atoms with Gasteiger partial charge in [0.05, 0.1) is 13.1 Å². The molecule has 0 unspecified atom stereocenters. The molecule has 15 heavy (non-hydrogen) atoms. The van der Waals surface area contributed by atoms with Gasteiger partial charge in [-0.25, -0.2) is 0 Å². The van der Waals surface area contributed by atoms with E-state index in [0.717, 1.165) is 0 Å². The molecular formula is C10H21N3O2. The fourth-order valence-electron chi connectivity index (χ4n) is 0.822. The van der Waals surface area contributed by atoms with E-state index in [-0.39, 0.29) is 24.9 Å². The van der Waals surface area contributed by atoms with Crippen LogP contribution in [0.15, 0.2) is 0 Å². The van der Waals surface area contributed by atoms with Gasteiger partial charge in [0.15, 0.2) is 0 Å². The highest BCUT2D eigenvalue weighted by Crippen LogP contribution is 1.86. The summed E-state index contributed by atoms with van der Waals surface area (Å²) in [5, 5.41) is 5.55. The highest BCUT2D eigenvalue weighted by Gasteiger charge is 2.05. The third kappa shape index (κ3) is 7.93. The summed E-state index contributed by atoms with van der Waals surface area (Å²) in [7, 11) is 3.37. The highest BCUT2D eigenvalue weighted by molar-refractivity contribution is 5.80. The van der Waals surface area contributed by atoms with Gasteiger partial charge in [0.2, 0.25) is 11.8 Å². The first kappa shape index (κ1) is 13.9. The molecule has 0 bridgehead atoms. The molecule has 0 aliphatic carbocycles. The van der Waals surface area contributed by atoms with Gasteiger partial charge in [-0.2, -0.15) is 0 Å². The van der Waals surface area contributed by atoms with Crippen LogP contribution in [0.4, 0.5) is 0 Å². The zero-order valence-corrected chi connectivity index (χ0v) is 9.96. The molecule has 0 saturated carbocycles. The summed E-state index contributed by atoms with van der Waals surface area (Å²) in [6.07, 6.45) is 0. The van der Waals surface area contributed by atoms with Crippen LogP contribution < -0.4 is 10.6 Å². The van der Waals surface area contributed by atoms with Crippen LogP contribution in [-0.4, -0.2) is 50.4 Å². The number of carbonyl (C=O) groups is 2. The number of nitrogens with zero attached hydrogens (tertiary/aromatic N) is 1. The van der Waals surface area contributed by atoms with Crippen LogP contribution in [0.3, 0.4) is 0 Å². The maximum Gasteiger partial charge on any atom is 0.236 e. The Morgan fingerprint density at radius 2 is 1.80 bits per heavy atom. The third-order valence-corrected chi connectivity index (χ3v) is 1.77. The topological polar surface area (TPSA) is 61.4 Å². The fraction of sp³-hybridized carbons (Fsp3) is 0.800. The standard InChI is InChI=1S/C10H21N3O2/c1-8(2)5-12-9(14)6-11-7-10(15)13(3)4/h8,11H,5-7H2,1-4H3,(H,12,14). The zero-order chi connectivity index (χ0) is 11.8. The zero-order valence-electron chi connectivity index (χ0n) is 9.96. The van der Waals surface area contributed by atoms with Gasteiger partial charge in [0, 0.05) is 20.6 Å². The van der Waals surface area contributed by atoms with Crippen molar-refractivity contribution in [3.63, 3.8) is 0 Å². The molecule has 0 aliphatic rings. The minimum absolute atomic E-state index is 0.0355. The highest BCUT2D eigenvalue weighted by atomic mass is 16.2. The van der Waals surface area contributed by atoms with E-state index in [0.29, 0.717) is 12.5 Å². The van der Waals surface area contributed by atoms with Gasteiger partial charge >= 0.3 is 0 Å². The monoisotopic (exact) mass is 215 g/mol. The van der Waals surface area contributed by atoms with Crippen molar-refractivity contribution in [2.75, 3.05) is 33.7 Å². The first-order valence-corrected chi connectivity index (χ1v) is 5.11. The Labute approximate surface area is 91.2 Å². The van der Waals surface area contributed by atoms with Crippen LogP contribution in [0.1, 0.15) is 13.8 Å². The molecule has 2 amide bonds. The Hall–Kier alpha value is -1.10. The van der Waals surface area contributed by atoms with Crippen LogP contribution in [0.5, 0.6) is 0 Å². The van der Waals surface area contributed by atoms with Gasteiger partial charge in [-0.15, -0.1) is 0 Å². The number of nitrogens with one attached hydrogen (secondary N) is 2. The first-order valence-electron chi connectivity index (χ1n) is 5.11. The second kappa shape index (κ2) is 7.23. The Morgan fingerprint density at radius 3 is 2.27 bits per heavy atom. The Balaban J connectivity index is 3.51. The first-order chi connectivity index (χ1) is 6.93. The lowest BCUT2D eigenvalue weighted by Crippen LogP contribution is -2.40. The minimum Gasteiger partial charge on any atom is -0.355 e. The van der Waals surface area contributed by atoms with Crippen molar-refractivity contribution in [1.82, 2.24) is 15.5 Å². The summed E-state index contributed by atoms with van der Waals surface area (Å²) in [5.41, 5.74) is 0. The molecule has 0 heterocycles. The van der Waals surface area contributed by atoms with Gasteiger partial charge in [0.1, 0.15) is 0 Å². The van der Waals surface area contributed by atoms with E-state index in [2.05, 4.69) is 10.6 Å². The second-order valence-corrected chi connectivity index (χ2v) is 4.09. The predicted octanol–water partition coefficient (Wildman–Crippen LogP) is -0.564. The molecule has 0 aromatic rings. The molecule has 0 saturated heterocycles. The number of hydrogen-bond donors (Lipinski definition) is 2.